The number of hydrogen-bond acceptors (Lipinski definition) is 3. The molecule has 0 radical (unpaired) electrons. The average molecular weight is 216 g/mol. The third-order valence-corrected chi connectivity index (χ3v) is 2.43. The smallest absolute Gasteiger partial charge is 0.157 e. The van der Waals surface area contributed by atoms with Crippen LogP contribution in [-0.2, 0) is 0 Å². The molecule has 1 unspecified atom stereocenters. The molecule has 2 aromatic carbocycles. The molecule has 0 amide bonds. The van der Waals surface area contributed by atoms with Gasteiger partial charge in [-0.3, -0.25) is 0 Å². The molecule has 3 heteroatoms. The summed E-state index contributed by atoms with van der Waals surface area (Å²) in [5.41, 5.74) is 1.29. The van der Waals surface area contributed by atoms with Crippen molar-refractivity contribution in [3.05, 3.63) is 59.7 Å². The van der Waals surface area contributed by atoms with E-state index in [1.54, 1.807) is 18.2 Å². The Bertz CT molecular complexity index is 480. The van der Waals surface area contributed by atoms with Crippen molar-refractivity contribution >= 4 is 0 Å². The van der Waals surface area contributed by atoms with Crippen LogP contribution in [0.15, 0.2) is 48.5 Å². The highest BCUT2D eigenvalue weighted by atomic mass is 16.3. The number of phenols is 2. The fraction of sp³-hybridized carbons (Fsp3) is 0.0769. The van der Waals surface area contributed by atoms with Crippen LogP contribution in [-0.4, -0.2) is 15.3 Å². The molecule has 0 aliphatic heterocycles. The van der Waals surface area contributed by atoms with Gasteiger partial charge in [0.15, 0.2) is 11.5 Å². The molecule has 3 N–H and O–H groups in total. The van der Waals surface area contributed by atoms with Gasteiger partial charge in [0, 0.05) is 0 Å². The molecule has 0 aliphatic carbocycles. The lowest BCUT2D eigenvalue weighted by molar-refractivity contribution is 0.219. The van der Waals surface area contributed by atoms with Crippen LogP contribution in [0.2, 0.25) is 0 Å². The number of aliphatic hydroxyl groups is 1. The summed E-state index contributed by atoms with van der Waals surface area (Å²) in [4.78, 5) is 0. The Kier molecular flexibility index (Phi) is 2.79. The van der Waals surface area contributed by atoms with Crippen LogP contribution in [0.5, 0.6) is 11.5 Å². The van der Waals surface area contributed by atoms with Gasteiger partial charge in [-0.25, -0.2) is 0 Å². The van der Waals surface area contributed by atoms with E-state index in [4.69, 9.17) is 5.11 Å². The molecule has 1 atom stereocenters. The van der Waals surface area contributed by atoms with Gasteiger partial charge in [0.2, 0.25) is 0 Å². The average Bonchev–Trinajstić information content (AvgIpc) is 2.33. The lowest BCUT2D eigenvalue weighted by Gasteiger charge is -2.11. The molecule has 2 aromatic rings. The summed E-state index contributed by atoms with van der Waals surface area (Å²) < 4.78 is 0. The van der Waals surface area contributed by atoms with E-state index in [0.717, 1.165) is 5.56 Å². The van der Waals surface area contributed by atoms with Crippen molar-refractivity contribution < 1.29 is 15.3 Å². The molecule has 2 rings (SSSR count). The first-order valence-electron chi connectivity index (χ1n) is 4.93. The molecule has 0 saturated heterocycles. The summed E-state index contributed by atoms with van der Waals surface area (Å²) in [6.07, 6.45) is -0.798. The van der Waals surface area contributed by atoms with Crippen LogP contribution >= 0.6 is 0 Å². The van der Waals surface area contributed by atoms with Gasteiger partial charge in [-0.1, -0.05) is 36.4 Å². The molecule has 16 heavy (non-hydrogen) atoms. The molecular weight excluding hydrogens is 204 g/mol. The van der Waals surface area contributed by atoms with Gasteiger partial charge < -0.3 is 15.3 Å². The van der Waals surface area contributed by atoms with Crippen LogP contribution in [0.1, 0.15) is 17.2 Å². The zero-order valence-corrected chi connectivity index (χ0v) is 8.54. The lowest BCUT2D eigenvalue weighted by atomic mass is 10.0. The third-order valence-electron chi connectivity index (χ3n) is 2.43. The van der Waals surface area contributed by atoms with E-state index in [1.807, 2.05) is 18.2 Å². The van der Waals surface area contributed by atoms with Gasteiger partial charge in [0.05, 0.1) is 0 Å². The number of rotatable bonds is 2. The lowest BCUT2D eigenvalue weighted by Crippen LogP contribution is -1.98. The van der Waals surface area contributed by atoms with E-state index < -0.39 is 6.10 Å². The van der Waals surface area contributed by atoms with Gasteiger partial charge in [0.25, 0.3) is 0 Å². The monoisotopic (exact) mass is 216 g/mol. The maximum absolute atomic E-state index is 10.0. The normalized spacial score (nSPS) is 12.3. The second kappa shape index (κ2) is 4.24. The molecule has 0 bridgehead atoms. The third kappa shape index (κ3) is 1.99. The molecule has 0 aromatic heterocycles. The van der Waals surface area contributed by atoms with E-state index in [-0.39, 0.29) is 11.5 Å². The molecule has 0 aliphatic rings. The Balaban J connectivity index is 2.34. The minimum atomic E-state index is -0.798. The Hall–Kier alpha value is -2.00. The van der Waals surface area contributed by atoms with Gasteiger partial charge in [-0.05, 0) is 23.3 Å². The second-order valence-corrected chi connectivity index (χ2v) is 3.56. The zero-order valence-electron chi connectivity index (χ0n) is 8.54. The summed E-state index contributed by atoms with van der Waals surface area (Å²) in [6.45, 7) is 0. The maximum atomic E-state index is 10.0. The summed E-state index contributed by atoms with van der Waals surface area (Å²) in [5.74, 6) is -0.420. The topological polar surface area (TPSA) is 60.7 Å². The first-order valence-corrected chi connectivity index (χ1v) is 4.93. The minimum Gasteiger partial charge on any atom is -0.504 e. The van der Waals surface area contributed by atoms with Crippen LogP contribution in [0, 0.1) is 0 Å². The largest absolute Gasteiger partial charge is 0.504 e. The van der Waals surface area contributed by atoms with Crippen molar-refractivity contribution in [1.82, 2.24) is 0 Å². The summed E-state index contributed by atoms with van der Waals surface area (Å²) in [6, 6.07) is 13.4. The molecule has 3 nitrogen and oxygen atoms in total. The fourth-order valence-electron chi connectivity index (χ4n) is 1.54. The highest BCUT2D eigenvalue weighted by Crippen LogP contribution is 2.30. The SMILES string of the molecule is Oc1ccc(C(O)c2ccccc2)cc1O. The van der Waals surface area contributed by atoms with Crippen molar-refractivity contribution in [3.63, 3.8) is 0 Å². The summed E-state index contributed by atoms with van der Waals surface area (Å²) in [7, 11) is 0. The predicted octanol–water partition coefficient (Wildman–Crippen LogP) is 2.18. The van der Waals surface area contributed by atoms with E-state index in [1.165, 1.54) is 12.1 Å². The Labute approximate surface area is 93.2 Å². The van der Waals surface area contributed by atoms with Crippen molar-refractivity contribution in [2.75, 3.05) is 0 Å². The quantitative estimate of drug-likeness (QED) is 0.674. The number of aromatic hydroxyl groups is 2. The van der Waals surface area contributed by atoms with E-state index >= 15 is 0 Å². The number of benzene rings is 2. The van der Waals surface area contributed by atoms with Crippen LogP contribution in [0.4, 0.5) is 0 Å². The van der Waals surface area contributed by atoms with Crippen molar-refractivity contribution in [3.8, 4) is 11.5 Å². The van der Waals surface area contributed by atoms with Crippen LogP contribution < -0.4 is 0 Å². The standard InChI is InChI=1S/C13H12O3/c14-11-7-6-10(8-12(11)15)13(16)9-4-2-1-3-5-9/h1-8,13-16H. The highest BCUT2D eigenvalue weighted by Gasteiger charge is 2.11. The molecule has 0 fully saturated rings. The van der Waals surface area contributed by atoms with Crippen LogP contribution in [0.3, 0.4) is 0 Å². The first kappa shape index (κ1) is 10.5. The van der Waals surface area contributed by atoms with Gasteiger partial charge >= 0.3 is 0 Å². The summed E-state index contributed by atoms with van der Waals surface area (Å²) >= 11 is 0. The van der Waals surface area contributed by atoms with E-state index in [0.29, 0.717) is 5.56 Å². The molecule has 0 spiro atoms. The number of phenolic OH excluding ortho intramolecular Hbond substituents is 2. The van der Waals surface area contributed by atoms with Crippen LogP contribution in [0.25, 0.3) is 0 Å². The number of aliphatic hydroxyl groups excluding tert-OH is 1. The first-order chi connectivity index (χ1) is 7.68. The predicted molar refractivity (Wildman–Crippen MR) is 60.3 cm³/mol. The Morgan fingerprint density at radius 3 is 2.06 bits per heavy atom. The van der Waals surface area contributed by atoms with Crippen molar-refractivity contribution in [2.24, 2.45) is 0 Å². The van der Waals surface area contributed by atoms with E-state index in [9.17, 15) is 10.2 Å². The Morgan fingerprint density at radius 2 is 1.44 bits per heavy atom. The minimum absolute atomic E-state index is 0.191. The van der Waals surface area contributed by atoms with Crippen molar-refractivity contribution in [2.45, 2.75) is 6.10 Å². The number of hydrogen-bond donors (Lipinski definition) is 3. The van der Waals surface area contributed by atoms with Gasteiger partial charge in [0.1, 0.15) is 6.10 Å². The molecule has 0 heterocycles. The highest BCUT2D eigenvalue weighted by molar-refractivity contribution is 5.43. The van der Waals surface area contributed by atoms with E-state index in [2.05, 4.69) is 0 Å². The van der Waals surface area contributed by atoms with Gasteiger partial charge in [-0.15, -0.1) is 0 Å². The Morgan fingerprint density at radius 1 is 0.750 bits per heavy atom. The van der Waals surface area contributed by atoms with Crippen molar-refractivity contribution in [1.29, 1.82) is 0 Å². The summed E-state index contributed by atoms with van der Waals surface area (Å²) in [5, 5.41) is 28.5. The maximum Gasteiger partial charge on any atom is 0.157 e. The van der Waals surface area contributed by atoms with Gasteiger partial charge in [-0.2, -0.15) is 0 Å². The zero-order chi connectivity index (χ0) is 11.5. The molecular formula is C13H12O3. The fourth-order valence-corrected chi connectivity index (χ4v) is 1.54. The molecule has 82 valence electrons. The second-order valence-electron chi connectivity index (χ2n) is 3.56. The molecule has 0 saturated carbocycles.